The maximum absolute atomic E-state index is 10.0. The number of methoxy groups -OCH3 is 1. The topological polar surface area (TPSA) is 68.2 Å². The highest BCUT2D eigenvalue weighted by Crippen LogP contribution is 2.37. The van der Waals surface area contributed by atoms with E-state index in [4.69, 9.17) is 13.9 Å². The maximum atomic E-state index is 10.0. The molecule has 126 valence electrons. The number of hydrogen-bond donors (Lipinski definition) is 2. The Kier molecular flexibility index (Phi) is 8.92. The van der Waals surface area contributed by atoms with Crippen molar-refractivity contribution in [3.05, 3.63) is 12.7 Å². The molecule has 0 heterocycles. The third-order valence-corrected chi connectivity index (χ3v) is 8.66. The van der Waals surface area contributed by atoms with E-state index in [0.29, 0.717) is 6.61 Å². The first-order valence-corrected chi connectivity index (χ1v) is 10.2. The zero-order valence-electron chi connectivity index (χ0n) is 14.3. The highest BCUT2D eigenvalue weighted by atomic mass is 28.4. The monoisotopic (exact) mass is 320 g/mol. The Labute approximate surface area is 130 Å². The minimum absolute atomic E-state index is 0.0821. The lowest BCUT2D eigenvalue weighted by molar-refractivity contribution is -0.105. The van der Waals surface area contributed by atoms with Gasteiger partial charge in [-0.3, -0.25) is 0 Å². The van der Waals surface area contributed by atoms with Gasteiger partial charge in [-0.15, -0.1) is 6.58 Å². The van der Waals surface area contributed by atoms with Gasteiger partial charge in [-0.25, -0.2) is 0 Å². The quantitative estimate of drug-likeness (QED) is 0.367. The lowest BCUT2D eigenvalue weighted by atomic mass is 9.97. The smallest absolute Gasteiger partial charge is 0.191 e. The Balaban J connectivity index is 4.89. The van der Waals surface area contributed by atoms with Gasteiger partial charge < -0.3 is 24.1 Å². The molecule has 6 heteroatoms. The van der Waals surface area contributed by atoms with Crippen LogP contribution in [0, 0.1) is 5.92 Å². The first kappa shape index (κ1) is 20.8. The van der Waals surface area contributed by atoms with E-state index >= 15 is 0 Å². The fraction of sp³-hybridized carbons (Fsp3) is 0.867. The van der Waals surface area contributed by atoms with Gasteiger partial charge in [0.1, 0.15) is 6.79 Å². The molecule has 0 aromatic heterocycles. The summed E-state index contributed by atoms with van der Waals surface area (Å²) in [5, 5.41) is 19.4. The fourth-order valence-electron chi connectivity index (χ4n) is 1.59. The predicted octanol–water partition coefficient (Wildman–Crippen LogP) is 2.15. The number of rotatable bonds is 10. The van der Waals surface area contributed by atoms with Crippen LogP contribution in [0.15, 0.2) is 12.7 Å². The van der Waals surface area contributed by atoms with Crippen molar-refractivity contribution in [2.75, 3.05) is 27.1 Å². The Morgan fingerprint density at radius 2 is 1.86 bits per heavy atom. The van der Waals surface area contributed by atoms with E-state index in [1.54, 1.807) is 6.08 Å². The Morgan fingerprint density at radius 3 is 2.24 bits per heavy atom. The van der Waals surface area contributed by atoms with Crippen LogP contribution in [-0.4, -0.2) is 57.9 Å². The molecule has 0 fully saturated rings. The Bertz CT molecular complexity index is 301. The first-order valence-electron chi connectivity index (χ1n) is 7.26. The molecule has 0 spiro atoms. The molecule has 0 amide bonds. The lowest BCUT2D eigenvalue weighted by Gasteiger charge is -2.38. The molecule has 0 aliphatic rings. The van der Waals surface area contributed by atoms with Crippen LogP contribution in [0.4, 0.5) is 0 Å². The average Bonchev–Trinajstić information content (AvgIpc) is 2.40. The molecule has 0 rings (SSSR count). The predicted molar refractivity (Wildman–Crippen MR) is 86.7 cm³/mol. The van der Waals surface area contributed by atoms with Crippen molar-refractivity contribution >= 4 is 8.32 Å². The highest BCUT2D eigenvalue weighted by Gasteiger charge is 2.39. The summed E-state index contributed by atoms with van der Waals surface area (Å²) in [6.45, 7) is 14.6. The molecule has 0 aromatic rings. The molecule has 0 aliphatic carbocycles. The van der Waals surface area contributed by atoms with Gasteiger partial charge in [-0.05, 0) is 18.1 Å². The van der Waals surface area contributed by atoms with Crippen molar-refractivity contribution in [2.24, 2.45) is 5.92 Å². The summed E-state index contributed by atoms with van der Waals surface area (Å²) in [5.41, 5.74) is 0. The van der Waals surface area contributed by atoms with E-state index in [9.17, 15) is 10.2 Å². The van der Waals surface area contributed by atoms with Crippen LogP contribution in [0.1, 0.15) is 20.8 Å². The molecule has 0 saturated carbocycles. The van der Waals surface area contributed by atoms with E-state index in [1.807, 2.05) is 0 Å². The maximum Gasteiger partial charge on any atom is 0.191 e. The third-order valence-electron chi connectivity index (χ3n) is 4.16. The van der Waals surface area contributed by atoms with E-state index in [0.717, 1.165) is 0 Å². The second kappa shape index (κ2) is 9.02. The molecule has 0 unspecified atom stereocenters. The van der Waals surface area contributed by atoms with Gasteiger partial charge in [0.05, 0.1) is 18.8 Å². The molecule has 0 aliphatic heterocycles. The SMILES string of the molecule is C=C[C@@H](OCOC)[C@@H](CO[Si](C)(C)C(C)(C)C)[C@H](O)CO. The van der Waals surface area contributed by atoms with Crippen molar-refractivity contribution in [3.8, 4) is 0 Å². The lowest BCUT2D eigenvalue weighted by Crippen LogP contribution is -2.46. The molecular weight excluding hydrogens is 288 g/mol. The van der Waals surface area contributed by atoms with Crippen LogP contribution in [0.3, 0.4) is 0 Å². The Hall–Kier alpha value is -0.243. The fourth-order valence-corrected chi connectivity index (χ4v) is 2.64. The summed E-state index contributed by atoms with van der Waals surface area (Å²) in [6.07, 6.45) is 0.254. The summed E-state index contributed by atoms with van der Waals surface area (Å²) < 4.78 is 16.5. The first-order chi connectivity index (χ1) is 9.60. The largest absolute Gasteiger partial charge is 0.416 e. The Morgan fingerprint density at radius 1 is 1.29 bits per heavy atom. The van der Waals surface area contributed by atoms with Crippen molar-refractivity contribution in [3.63, 3.8) is 0 Å². The summed E-state index contributed by atoms with van der Waals surface area (Å²) in [5.74, 6) is -0.378. The average molecular weight is 321 g/mol. The van der Waals surface area contributed by atoms with Gasteiger partial charge in [-0.1, -0.05) is 26.8 Å². The van der Waals surface area contributed by atoms with Gasteiger partial charge in [0.2, 0.25) is 0 Å². The van der Waals surface area contributed by atoms with Crippen LogP contribution in [0.2, 0.25) is 18.1 Å². The van der Waals surface area contributed by atoms with Crippen molar-refractivity contribution in [2.45, 2.75) is 51.1 Å². The highest BCUT2D eigenvalue weighted by molar-refractivity contribution is 6.74. The third kappa shape index (κ3) is 6.59. The van der Waals surface area contributed by atoms with Crippen molar-refractivity contribution < 1.29 is 24.1 Å². The minimum atomic E-state index is -1.93. The number of aliphatic hydroxyl groups is 2. The van der Waals surface area contributed by atoms with Crippen LogP contribution in [-0.2, 0) is 13.9 Å². The molecular formula is C15H32O5Si. The van der Waals surface area contributed by atoms with Crippen molar-refractivity contribution in [1.29, 1.82) is 0 Å². The molecule has 0 saturated heterocycles. The van der Waals surface area contributed by atoms with E-state index in [2.05, 4.69) is 40.4 Å². The number of aliphatic hydroxyl groups excluding tert-OH is 2. The normalized spacial score (nSPS) is 17.3. The van der Waals surface area contributed by atoms with Crippen molar-refractivity contribution in [1.82, 2.24) is 0 Å². The molecule has 2 N–H and O–H groups in total. The van der Waals surface area contributed by atoms with Gasteiger partial charge in [0.15, 0.2) is 8.32 Å². The van der Waals surface area contributed by atoms with Crippen LogP contribution >= 0.6 is 0 Å². The number of ether oxygens (including phenoxy) is 2. The van der Waals surface area contributed by atoms with Crippen LogP contribution in [0.5, 0.6) is 0 Å². The number of hydrogen-bond acceptors (Lipinski definition) is 5. The van der Waals surface area contributed by atoms with Gasteiger partial charge >= 0.3 is 0 Å². The molecule has 5 nitrogen and oxygen atoms in total. The second-order valence-corrected chi connectivity index (χ2v) is 11.6. The molecule has 3 atom stereocenters. The second-order valence-electron chi connectivity index (χ2n) is 6.76. The van der Waals surface area contributed by atoms with Crippen LogP contribution in [0.25, 0.3) is 0 Å². The molecule has 0 aromatic carbocycles. The molecule has 0 radical (unpaired) electrons. The van der Waals surface area contributed by atoms with E-state index in [-0.39, 0.29) is 24.4 Å². The van der Waals surface area contributed by atoms with Gasteiger partial charge in [-0.2, -0.15) is 0 Å². The molecule has 0 bridgehead atoms. The minimum Gasteiger partial charge on any atom is -0.416 e. The van der Waals surface area contributed by atoms with Gasteiger partial charge in [0, 0.05) is 19.6 Å². The summed E-state index contributed by atoms with van der Waals surface area (Å²) >= 11 is 0. The van der Waals surface area contributed by atoms with Crippen LogP contribution < -0.4 is 0 Å². The summed E-state index contributed by atoms with van der Waals surface area (Å²) in [6, 6.07) is 0. The molecule has 21 heavy (non-hydrogen) atoms. The zero-order valence-corrected chi connectivity index (χ0v) is 15.3. The van der Waals surface area contributed by atoms with E-state index in [1.165, 1.54) is 7.11 Å². The standard InChI is InChI=1S/C15H32O5Si/c1-8-14(19-11-18-5)12(13(17)9-16)10-20-21(6,7)15(2,3)4/h8,12-14,16-17H,1,9-11H2,2-7H3/t12-,13+,14+/m0/s1. The van der Waals surface area contributed by atoms with Gasteiger partial charge in [0.25, 0.3) is 0 Å². The van der Waals surface area contributed by atoms with E-state index < -0.39 is 20.5 Å². The summed E-state index contributed by atoms with van der Waals surface area (Å²) in [4.78, 5) is 0. The zero-order chi connectivity index (χ0) is 16.7. The summed E-state index contributed by atoms with van der Waals surface area (Å²) in [7, 11) is -0.399.